The molecule has 0 bridgehead atoms. The third kappa shape index (κ3) is 1.93. The van der Waals surface area contributed by atoms with Gasteiger partial charge in [0.15, 0.2) is 5.82 Å². The van der Waals surface area contributed by atoms with Crippen LogP contribution in [0, 0.1) is 17.4 Å². The van der Waals surface area contributed by atoms with Crippen molar-refractivity contribution >= 4 is 34.2 Å². The van der Waals surface area contributed by atoms with Gasteiger partial charge < -0.3 is 0 Å². The Hall–Kier alpha value is -0.690. The molecule has 0 aromatic carbocycles. The predicted molar refractivity (Wildman–Crippen MR) is 71.4 cm³/mol. The molecule has 0 atom stereocenters. The largest absolute Gasteiger partial charge is 0.272 e. The Bertz CT molecular complexity index is 527. The molecule has 0 aliphatic carbocycles. The minimum atomic E-state index is 0.492. The fourth-order valence-corrected chi connectivity index (χ4v) is 1.82. The normalized spacial score (nSPS) is 10.8. The van der Waals surface area contributed by atoms with E-state index in [1.54, 1.807) is 10.9 Å². The van der Waals surface area contributed by atoms with Crippen LogP contribution in [-0.2, 0) is 7.05 Å². The smallest absolute Gasteiger partial charge is 0.164 e. The number of rotatable bonds is 1. The van der Waals surface area contributed by atoms with E-state index in [2.05, 4.69) is 37.7 Å². The predicted octanol–water partition coefficient (Wildman–Crippen LogP) is 2.75. The summed E-state index contributed by atoms with van der Waals surface area (Å²) in [7, 11) is 1.89. The lowest BCUT2D eigenvalue weighted by Crippen LogP contribution is -1.98. The Labute approximate surface area is 112 Å². The van der Waals surface area contributed by atoms with Crippen molar-refractivity contribution in [2.75, 3.05) is 0 Å². The van der Waals surface area contributed by atoms with Crippen LogP contribution in [0.1, 0.15) is 11.4 Å². The Morgan fingerprint density at radius 1 is 1.31 bits per heavy atom. The summed E-state index contributed by atoms with van der Waals surface area (Å²) in [6.07, 6.45) is 1.76. The van der Waals surface area contributed by atoms with Crippen LogP contribution in [-0.4, -0.2) is 19.7 Å². The standard InChI is InChI=1S/C10H10ClIN4/c1-5-8(12)9(11)15-10(14-5)7-4-13-16(3)6(7)2/h4H,1-3H3. The summed E-state index contributed by atoms with van der Waals surface area (Å²) in [5, 5.41) is 4.66. The molecule has 0 saturated carbocycles. The Morgan fingerprint density at radius 3 is 2.50 bits per heavy atom. The summed E-state index contributed by atoms with van der Waals surface area (Å²) < 4.78 is 2.68. The average molecular weight is 349 g/mol. The van der Waals surface area contributed by atoms with Crippen molar-refractivity contribution in [3.63, 3.8) is 0 Å². The SMILES string of the molecule is Cc1nc(-c2cnn(C)c2C)nc(Cl)c1I. The highest BCUT2D eigenvalue weighted by Gasteiger charge is 2.13. The summed E-state index contributed by atoms with van der Waals surface area (Å²) in [5.74, 6) is 0.633. The number of halogens is 2. The number of aromatic nitrogens is 4. The van der Waals surface area contributed by atoms with E-state index >= 15 is 0 Å². The van der Waals surface area contributed by atoms with Crippen molar-refractivity contribution < 1.29 is 0 Å². The molecule has 0 fully saturated rings. The van der Waals surface area contributed by atoms with E-state index in [1.165, 1.54) is 0 Å². The van der Waals surface area contributed by atoms with Gasteiger partial charge in [0.1, 0.15) is 5.15 Å². The molecule has 0 radical (unpaired) electrons. The molecular formula is C10H10ClIN4. The van der Waals surface area contributed by atoms with Crippen molar-refractivity contribution in [1.82, 2.24) is 19.7 Å². The molecule has 6 heteroatoms. The molecule has 84 valence electrons. The van der Waals surface area contributed by atoms with Gasteiger partial charge in [-0.1, -0.05) is 11.6 Å². The van der Waals surface area contributed by atoms with Crippen LogP contribution < -0.4 is 0 Å². The van der Waals surface area contributed by atoms with Gasteiger partial charge >= 0.3 is 0 Å². The van der Waals surface area contributed by atoms with Crippen molar-refractivity contribution in [3.05, 3.63) is 26.3 Å². The van der Waals surface area contributed by atoms with Gasteiger partial charge in [0, 0.05) is 12.7 Å². The van der Waals surface area contributed by atoms with E-state index < -0.39 is 0 Å². The molecule has 4 nitrogen and oxygen atoms in total. The molecule has 0 spiro atoms. The molecule has 0 N–H and O–H groups in total. The van der Waals surface area contributed by atoms with Crippen LogP contribution >= 0.6 is 34.2 Å². The van der Waals surface area contributed by atoms with Crippen LogP contribution in [0.5, 0.6) is 0 Å². The fraction of sp³-hybridized carbons (Fsp3) is 0.300. The molecule has 0 unspecified atom stereocenters. The monoisotopic (exact) mass is 348 g/mol. The van der Waals surface area contributed by atoms with Gasteiger partial charge in [-0.05, 0) is 36.4 Å². The van der Waals surface area contributed by atoms with E-state index in [4.69, 9.17) is 11.6 Å². The summed E-state index contributed by atoms with van der Waals surface area (Å²) in [5.41, 5.74) is 2.83. The highest BCUT2D eigenvalue weighted by molar-refractivity contribution is 14.1. The number of nitrogens with zero attached hydrogens (tertiary/aromatic N) is 4. The Balaban J connectivity index is 2.61. The van der Waals surface area contributed by atoms with Crippen LogP contribution in [0.3, 0.4) is 0 Å². The van der Waals surface area contributed by atoms with Crippen molar-refractivity contribution in [2.45, 2.75) is 13.8 Å². The highest BCUT2D eigenvalue weighted by Crippen LogP contribution is 2.24. The Morgan fingerprint density at radius 2 is 2.00 bits per heavy atom. The number of hydrogen-bond acceptors (Lipinski definition) is 3. The molecule has 0 amide bonds. The first-order valence-electron chi connectivity index (χ1n) is 4.69. The average Bonchev–Trinajstić information content (AvgIpc) is 2.56. The number of aryl methyl sites for hydroxylation is 2. The molecule has 16 heavy (non-hydrogen) atoms. The summed E-state index contributed by atoms with van der Waals surface area (Å²) in [6, 6.07) is 0. The molecule has 2 aromatic rings. The second-order valence-electron chi connectivity index (χ2n) is 3.50. The highest BCUT2D eigenvalue weighted by atomic mass is 127. The lowest BCUT2D eigenvalue weighted by Gasteiger charge is -2.04. The summed E-state index contributed by atoms with van der Waals surface area (Å²) in [6.45, 7) is 3.90. The Kier molecular flexibility index (Phi) is 3.16. The van der Waals surface area contributed by atoms with Gasteiger partial charge in [0.25, 0.3) is 0 Å². The molecule has 0 saturated heterocycles. The lowest BCUT2D eigenvalue weighted by atomic mass is 10.2. The van der Waals surface area contributed by atoms with E-state index in [1.807, 2.05) is 20.9 Å². The first kappa shape index (κ1) is 11.8. The second kappa shape index (κ2) is 4.29. The van der Waals surface area contributed by atoms with Gasteiger partial charge in [-0.3, -0.25) is 4.68 Å². The van der Waals surface area contributed by atoms with Gasteiger partial charge in [0.05, 0.1) is 21.0 Å². The summed E-state index contributed by atoms with van der Waals surface area (Å²) in [4.78, 5) is 8.69. The minimum Gasteiger partial charge on any atom is -0.272 e. The molecule has 0 aliphatic heterocycles. The van der Waals surface area contributed by atoms with Gasteiger partial charge in [0.2, 0.25) is 0 Å². The minimum absolute atomic E-state index is 0.492. The van der Waals surface area contributed by atoms with Crippen LogP contribution in [0.15, 0.2) is 6.20 Å². The fourth-order valence-electron chi connectivity index (χ4n) is 1.36. The maximum Gasteiger partial charge on any atom is 0.164 e. The van der Waals surface area contributed by atoms with Crippen LogP contribution in [0.4, 0.5) is 0 Å². The zero-order valence-electron chi connectivity index (χ0n) is 9.12. The zero-order chi connectivity index (χ0) is 11.9. The topological polar surface area (TPSA) is 43.6 Å². The van der Waals surface area contributed by atoms with Crippen molar-refractivity contribution in [1.29, 1.82) is 0 Å². The third-order valence-corrected chi connectivity index (χ3v) is 4.34. The van der Waals surface area contributed by atoms with Crippen LogP contribution in [0.2, 0.25) is 5.15 Å². The van der Waals surface area contributed by atoms with Crippen LogP contribution in [0.25, 0.3) is 11.4 Å². The van der Waals surface area contributed by atoms with Crippen molar-refractivity contribution in [3.8, 4) is 11.4 Å². The molecule has 0 aliphatic rings. The van der Waals surface area contributed by atoms with Crippen molar-refractivity contribution in [2.24, 2.45) is 7.05 Å². The molecule has 2 rings (SSSR count). The van der Waals surface area contributed by atoms with Gasteiger partial charge in [-0.15, -0.1) is 0 Å². The first-order chi connectivity index (χ1) is 7.50. The maximum absolute atomic E-state index is 6.04. The van der Waals surface area contributed by atoms with E-state index in [9.17, 15) is 0 Å². The van der Waals surface area contributed by atoms with Gasteiger partial charge in [-0.25, -0.2) is 9.97 Å². The molecule has 2 aromatic heterocycles. The van der Waals surface area contributed by atoms with Gasteiger partial charge in [-0.2, -0.15) is 5.10 Å². The van der Waals surface area contributed by atoms with E-state index in [0.29, 0.717) is 11.0 Å². The first-order valence-corrected chi connectivity index (χ1v) is 6.15. The molecular weight excluding hydrogens is 338 g/mol. The lowest BCUT2D eigenvalue weighted by molar-refractivity contribution is 0.740. The zero-order valence-corrected chi connectivity index (χ0v) is 12.0. The third-order valence-electron chi connectivity index (χ3n) is 2.45. The molecule has 2 heterocycles. The maximum atomic E-state index is 6.04. The number of hydrogen-bond donors (Lipinski definition) is 0. The second-order valence-corrected chi connectivity index (χ2v) is 4.94. The van der Waals surface area contributed by atoms with E-state index in [0.717, 1.165) is 20.5 Å². The summed E-state index contributed by atoms with van der Waals surface area (Å²) >= 11 is 8.18. The quantitative estimate of drug-likeness (QED) is 0.588. The van der Waals surface area contributed by atoms with E-state index in [-0.39, 0.29) is 0 Å².